The van der Waals surface area contributed by atoms with Crippen LogP contribution in [0.5, 0.6) is 0 Å². The SMILES string of the molecule is Cc1ccc(C(=O)NC[C@H](c2ccc(N(C)C)cc2)[NH+]2CCCC2)cc1. The first kappa shape index (κ1) is 18.5. The van der Waals surface area contributed by atoms with Gasteiger partial charge >= 0.3 is 0 Å². The smallest absolute Gasteiger partial charge is 0.251 e. The number of anilines is 1. The summed E-state index contributed by atoms with van der Waals surface area (Å²) in [6.07, 6.45) is 2.54. The van der Waals surface area contributed by atoms with E-state index in [1.807, 2.05) is 31.2 Å². The van der Waals surface area contributed by atoms with Crippen LogP contribution in [-0.4, -0.2) is 39.6 Å². The van der Waals surface area contributed by atoms with E-state index in [2.05, 4.69) is 48.6 Å². The van der Waals surface area contributed by atoms with Gasteiger partial charge in [0.1, 0.15) is 6.04 Å². The van der Waals surface area contributed by atoms with E-state index in [1.54, 1.807) is 4.90 Å². The minimum absolute atomic E-state index is 0.0125. The quantitative estimate of drug-likeness (QED) is 0.836. The second-order valence-corrected chi connectivity index (χ2v) is 7.48. The van der Waals surface area contributed by atoms with E-state index < -0.39 is 0 Å². The fourth-order valence-electron chi connectivity index (χ4n) is 3.68. The molecule has 1 heterocycles. The van der Waals surface area contributed by atoms with Crippen LogP contribution in [0.25, 0.3) is 0 Å². The molecular formula is C22H30N3O+. The number of nitrogens with zero attached hydrogens (tertiary/aromatic N) is 1. The summed E-state index contributed by atoms with van der Waals surface area (Å²) in [5.74, 6) is 0.0125. The summed E-state index contributed by atoms with van der Waals surface area (Å²) in [7, 11) is 4.11. The van der Waals surface area contributed by atoms with Crippen LogP contribution >= 0.6 is 0 Å². The average molecular weight is 353 g/mol. The lowest BCUT2D eigenvalue weighted by atomic mass is 10.0. The molecule has 1 aliphatic heterocycles. The predicted octanol–water partition coefficient (Wildman–Crippen LogP) is 2.21. The van der Waals surface area contributed by atoms with E-state index in [9.17, 15) is 4.79 Å². The highest BCUT2D eigenvalue weighted by molar-refractivity contribution is 5.94. The second-order valence-electron chi connectivity index (χ2n) is 7.48. The third-order valence-electron chi connectivity index (χ3n) is 5.33. The summed E-state index contributed by atoms with van der Waals surface area (Å²) >= 11 is 0. The fourth-order valence-corrected chi connectivity index (χ4v) is 3.68. The van der Waals surface area contributed by atoms with Crippen LogP contribution in [0, 0.1) is 6.92 Å². The highest BCUT2D eigenvalue weighted by atomic mass is 16.1. The van der Waals surface area contributed by atoms with Crippen molar-refractivity contribution < 1.29 is 9.69 Å². The molecule has 26 heavy (non-hydrogen) atoms. The van der Waals surface area contributed by atoms with Gasteiger partial charge < -0.3 is 15.1 Å². The van der Waals surface area contributed by atoms with Crippen LogP contribution in [0.2, 0.25) is 0 Å². The summed E-state index contributed by atoms with van der Waals surface area (Å²) in [6.45, 7) is 5.07. The highest BCUT2D eigenvalue weighted by Gasteiger charge is 2.27. The Labute approximate surface area is 156 Å². The van der Waals surface area contributed by atoms with E-state index in [4.69, 9.17) is 0 Å². The van der Waals surface area contributed by atoms with E-state index in [0.29, 0.717) is 12.6 Å². The number of benzene rings is 2. The molecule has 1 fully saturated rings. The lowest BCUT2D eigenvalue weighted by molar-refractivity contribution is -0.918. The number of hydrogen-bond acceptors (Lipinski definition) is 2. The molecule has 0 saturated carbocycles. The van der Waals surface area contributed by atoms with Gasteiger partial charge in [0.05, 0.1) is 19.6 Å². The first-order valence-corrected chi connectivity index (χ1v) is 9.51. The summed E-state index contributed by atoms with van der Waals surface area (Å²) in [5, 5.41) is 3.16. The Balaban J connectivity index is 1.72. The molecule has 0 aliphatic carbocycles. The molecule has 1 aliphatic rings. The van der Waals surface area contributed by atoms with Gasteiger partial charge in [-0.2, -0.15) is 0 Å². The normalized spacial score (nSPS) is 15.7. The molecule has 3 rings (SSSR count). The topological polar surface area (TPSA) is 36.8 Å². The molecular weight excluding hydrogens is 322 g/mol. The molecule has 4 nitrogen and oxygen atoms in total. The summed E-state index contributed by atoms with van der Waals surface area (Å²) in [4.78, 5) is 16.2. The van der Waals surface area contributed by atoms with Crippen LogP contribution in [-0.2, 0) is 0 Å². The number of nitrogens with one attached hydrogen (secondary N) is 2. The maximum atomic E-state index is 12.5. The summed E-state index contributed by atoms with van der Waals surface area (Å²) in [6, 6.07) is 16.8. The van der Waals surface area contributed by atoms with E-state index in [-0.39, 0.29) is 5.91 Å². The predicted molar refractivity (Wildman–Crippen MR) is 107 cm³/mol. The molecule has 2 aromatic carbocycles. The van der Waals surface area contributed by atoms with Crippen molar-refractivity contribution in [2.45, 2.75) is 25.8 Å². The van der Waals surface area contributed by atoms with Crippen molar-refractivity contribution in [1.82, 2.24) is 5.32 Å². The third kappa shape index (κ3) is 4.44. The monoisotopic (exact) mass is 352 g/mol. The van der Waals surface area contributed by atoms with E-state index in [0.717, 1.165) is 5.56 Å². The number of likely N-dealkylation sites (tertiary alicyclic amines) is 1. The Bertz CT molecular complexity index is 716. The van der Waals surface area contributed by atoms with Gasteiger partial charge in [0.2, 0.25) is 0 Å². The highest BCUT2D eigenvalue weighted by Crippen LogP contribution is 2.17. The number of carbonyl (C=O) groups is 1. The van der Waals surface area contributed by atoms with Crippen molar-refractivity contribution in [2.24, 2.45) is 0 Å². The van der Waals surface area contributed by atoms with Crippen LogP contribution in [0.4, 0.5) is 5.69 Å². The summed E-state index contributed by atoms with van der Waals surface area (Å²) in [5.41, 5.74) is 4.40. The van der Waals surface area contributed by atoms with Crippen molar-refractivity contribution in [1.29, 1.82) is 0 Å². The van der Waals surface area contributed by atoms with Crippen molar-refractivity contribution in [2.75, 3.05) is 38.6 Å². The fraction of sp³-hybridized carbons (Fsp3) is 0.409. The first-order chi connectivity index (χ1) is 12.5. The largest absolute Gasteiger partial charge is 0.378 e. The van der Waals surface area contributed by atoms with Gasteiger partial charge in [-0.05, 0) is 31.2 Å². The van der Waals surface area contributed by atoms with Gasteiger partial charge in [0.15, 0.2) is 0 Å². The third-order valence-corrected chi connectivity index (χ3v) is 5.33. The van der Waals surface area contributed by atoms with Crippen LogP contribution < -0.4 is 15.1 Å². The number of aryl methyl sites for hydroxylation is 1. The Hall–Kier alpha value is -2.33. The van der Waals surface area contributed by atoms with Gasteiger partial charge in [-0.1, -0.05) is 29.8 Å². The second kappa shape index (κ2) is 8.37. The Morgan fingerprint density at radius 3 is 2.23 bits per heavy atom. The molecule has 1 saturated heterocycles. The molecule has 2 aromatic rings. The molecule has 0 unspecified atom stereocenters. The molecule has 0 aromatic heterocycles. The lowest BCUT2D eigenvalue weighted by Gasteiger charge is -2.26. The van der Waals surface area contributed by atoms with Gasteiger partial charge in [-0.3, -0.25) is 4.79 Å². The molecule has 138 valence electrons. The summed E-state index contributed by atoms with van der Waals surface area (Å²) < 4.78 is 0. The Kier molecular flexibility index (Phi) is 5.94. The maximum absolute atomic E-state index is 12.5. The lowest BCUT2D eigenvalue weighted by Crippen LogP contribution is -3.11. The van der Waals surface area contributed by atoms with Crippen LogP contribution in [0.3, 0.4) is 0 Å². The maximum Gasteiger partial charge on any atom is 0.251 e. The van der Waals surface area contributed by atoms with Crippen LogP contribution in [0.15, 0.2) is 48.5 Å². The Morgan fingerprint density at radius 1 is 1.04 bits per heavy atom. The molecule has 1 atom stereocenters. The van der Waals surface area contributed by atoms with Crippen molar-refractivity contribution in [3.8, 4) is 0 Å². The Morgan fingerprint density at radius 2 is 1.65 bits per heavy atom. The minimum Gasteiger partial charge on any atom is -0.378 e. The number of carbonyl (C=O) groups excluding carboxylic acids is 1. The van der Waals surface area contributed by atoms with Crippen molar-refractivity contribution in [3.05, 3.63) is 65.2 Å². The number of quaternary nitrogens is 1. The number of rotatable bonds is 6. The molecule has 4 heteroatoms. The zero-order valence-electron chi connectivity index (χ0n) is 16.1. The van der Waals surface area contributed by atoms with E-state index in [1.165, 1.54) is 42.7 Å². The van der Waals surface area contributed by atoms with Gasteiger partial charge in [0, 0.05) is 43.8 Å². The van der Waals surface area contributed by atoms with Gasteiger partial charge in [0.25, 0.3) is 5.91 Å². The van der Waals surface area contributed by atoms with Gasteiger partial charge in [-0.25, -0.2) is 0 Å². The van der Waals surface area contributed by atoms with Crippen molar-refractivity contribution in [3.63, 3.8) is 0 Å². The van der Waals surface area contributed by atoms with Gasteiger partial charge in [-0.15, -0.1) is 0 Å². The van der Waals surface area contributed by atoms with Crippen LogP contribution in [0.1, 0.15) is 40.4 Å². The molecule has 1 amide bonds. The minimum atomic E-state index is 0.0125. The van der Waals surface area contributed by atoms with Crippen molar-refractivity contribution >= 4 is 11.6 Å². The number of amides is 1. The average Bonchev–Trinajstić information content (AvgIpc) is 3.17. The molecule has 0 spiro atoms. The zero-order valence-corrected chi connectivity index (χ0v) is 16.1. The molecule has 0 radical (unpaired) electrons. The standard InChI is InChI=1S/C22H29N3O/c1-17-6-8-19(9-7-17)22(26)23-16-21(25-14-4-5-15-25)18-10-12-20(13-11-18)24(2)3/h6-13,21H,4-5,14-16H2,1-3H3,(H,23,26)/p+1/t21-/m1/s1. The first-order valence-electron chi connectivity index (χ1n) is 9.51. The molecule has 2 N–H and O–H groups in total. The van der Waals surface area contributed by atoms with E-state index >= 15 is 0 Å². The zero-order chi connectivity index (χ0) is 18.5. The molecule has 0 bridgehead atoms. The number of hydrogen-bond donors (Lipinski definition) is 2.